The summed E-state index contributed by atoms with van der Waals surface area (Å²) in [6.07, 6.45) is 8.97. The van der Waals surface area contributed by atoms with Crippen LogP contribution in [0.25, 0.3) is 0 Å². The van der Waals surface area contributed by atoms with Gasteiger partial charge in [0.1, 0.15) is 0 Å². The van der Waals surface area contributed by atoms with E-state index in [1.54, 1.807) is 6.92 Å². The largest absolute Gasteiger partial charge is 0.370 e. The van der Waals surface area contributed by atoms with Gasteiger partial charge in [0.2, 0.25) is 0 Å². The second-order valence-corrected chi connectivity index (χ2v) is 8.44. The summed E-state index contributed by atoms with van der Waals surface area (Å²) in [5, 5.41) is 3.24. The Morgan fingerprint density at radius 1 is 1.21 bits per heavy atom. The molecule has 2 fully saturated rings. The molecular formula is C14H27NO3S. The Morgan fingerprint density at radius 2 is 1.95 bits per heavy atom. The van der Waals surface area contributed by atoms with Crippen molar-refractivity contribution in [2.75, 3.05) is 24.6 Å². The molecule has 1 N–H and O–H groups in total. The van der Waals surface area contributed by atoms with Gasteiger partial charge in [-0.1, -0.05) is 26.2 Å². The highest BCUT2D eigenvalue weighted by molar-refractivity contribution is 7.91. The van der Waals surface area contributed by atoms with Gasteiger partial charge in [-0.05, 0) is 25.7 Å². The van der Waals surface area contributed by atoms with Crippen molar-refractivity contribution in [1.82, 2.24) is 5.32 Å². The number of sulfone groups is 1. The molecule has 0 amide bonds. The summed E-state index contributed by atoms with van der Waals surface area (Å²) < 4.78 is 29.0. The highest BCUT2D eigenvalue weighted by Crippen LogP contribution is 2.41. The molecule has 0 bridgehead atoms. The quantitative estimate of drug-likeness (QED) is 0.759. The summed E-state index contributed by atoms with van der Waals surface area (Å²) in [5.74, 6) is 0.471. The van der Waals surface area contributed by atoms with Gasteiger partial charge >= 0.3 is 0 Å². The highest BCUT2D eigenvalue weighted by atomic mass is 32.2. The second-order valence-electron chi connectivity index (χ2n) is 5.96. The van der Waals surface area contributed by atoms with Crippen LogP contribution in [0.4, 0.5) is 0 Å². The van der Waals surface area contributed by atoms with Gasteiger partial charge < -0.3 is 10.1 Å². The Morgan fingerprint density at radius 3 is 2.63 bits per heavy atom. The molecule has 2 aliphatic rings. The van der Waals surface area contributed by atoms with Gasteiger partial charge in [0.05, 0.1) is 17.5 Å². The molecule has 1 aliphatic carbocycles. The van der Waals surface area contributed by atoms with Crippen LogP contribution in [-0.4, -0.2) is 44.7 Å². The van der Waals surface area contributed by atoms with Crippen molar-refractivity contribution >= 4 is 9.84 Å². The van der Waals surface area contributed by atoms with Crippen LogP contribution in [0.3, 0.4) is 0 Å². The van der Waals surface area contributed by atoms with Gasteiger partial charge in [0, 0.05) is 18.8 Å². The van der Waals surface area contributed by atoms with E-state index in [-0.39, 0.29) is 23.2 Å². The van der Waals surface area contributed by atoms with E-state index in [4.69, 9.17) is 4.74 Å². The van der Waals surface area contributed by atoms with E-state index in [1.807, 2.05) is 0 Å². The van der Waals surface area contributed by atoms with Gasteiger partial charge in [-0.25, -0.2) is 8.42 Å². The molecule has 0 aromatic carbocycles. The lowest BCUT2D eigenvalue weighted by molar-refractivity contribution is -0.0622. The normalized spacial score (nSPS) is 26.9. The maximum absolute atomic E-state index is 11.4. The number of hydrogen-bond donors (Lipinski definition) is 1. The van der Waals surface area contributed by atoms with Crippen molar-refractivity contribution in [1.29, 1.82) is 0 Å². The van der Waals surface area contributed by atoms with E-state index >= 15 is 0 Å². The highest BCUT2D eigenvalue weighted by Gasteiger charge is 2.40. The Labute approximate surface area is 117 Å². The number of ether oxygens (including phenoxy) is 1. The molecule has 1 heterocycles. The van der Waals surface area contributed by atoms with Crippen molar-refractivity contribution in [2.24, 2.45) is 0 Å². The van der Waals surface area contributed by atoms with E-state index in [9.17, 15) is 8.42 Å². The first-order valence-electron chi connectivity index (χ1n) is 7.64. The van der Waals surface area contributed by atoms with Crippen molar-refractivity contribution in [3.05, 3.63) is 0 Å². The summed E-state index contributed by atoms with van der Waals surface area (Å²) in [4.78, 5) is 0. The van der Waals surface area contributed by atoms with Crippen molar-refractivity contribution in [3.63, 3.8) is 0 Å². The fraction of sp³-hybridized carbons (Fsp3) is 1.00. The average molecular weight is 289 g/mol. The van der Waals surface area contributed by atoms with Crippen LogP contribution in [0.15, 0.2) is 0 Å². The summed E-state index contributed by atoms with van der Waals surface area (Å²) in [6.45, 7) is 3.03. The molecule has 1 saturated carbocycles. The molecule has 1 unspecified atom stereocenters. The smallest absolute Gasteiger partial charge is 0.151 e. The Bertz CT molecular complexity index is 374. The molecule has 19 heavy (non-hydrogen) atoms. The molecule has 2 rings (SSSR count). The van der Waals surface area contributed by atoms with E-state index in [2.05, 4.69) is 5.32 Å². The summed E-state index contributed by atoms with van der Waals surface area (Å²) in [6, 6.07) is 0. The lowest BCUT2D eigenvalue weighted by atomic mass is 9.83. The maximum Gasteiger partial charge on any atom is 0.151 e. The zero-order valence-corrected chi connectivity index (χ0v) is 12.8. The molecule has 4 nitrogen and oxygen atoms in total. The number of nitrogens with one attached hydrogen (secondary N) is 1. The third-order valence-corrected chi connectivity index (χ3v) is 6.21. The summed E-state index contributed by atoms with van der Waals surface area (Å²) >= 11 is 0. The van der Waals surface area contributed by atoms with Crippen LogP contribution in [0.2, 0.25) is 0 Å². The molecule has 0 aromatic heterocycles. The maximum atomic E-state index is 11.4. The van der Waals surface area contributed by atoms with Crippen LogP contribution >= 0.6 is 0 Å². The van der Waals surface area contributed by atoms with Gasteiger partial charge in [0.25, 0.3) is 0 Å². The lowest BCUT2D eigenvalue weighted by Gasteiger charge is -2.33. The Hall–Kier alpha value is -0.130. The SMILES string of the molecule is CCS(=O)(=O)CCNCC1CCC2(CCCCC2)O1. The van der Waals surface area contributed by atoms with E-state index in [1.165, 1.54) is 38.5 Å². The third kappa shape index (κ3) is 4.43. The first kappa shape index (κ1) is 15.3. The van der Waals surface area contributed by atoms with Gasteiger partial charge in [-0.15, -0.1) is 0 Å². The average Bonchev–Trinajstić information content (AvgIpc) is 2.79. The standard InChI is InChI=1S/C14H27NO3S/c1-2-19(16,17)11-10-15-12-13-6-9-14(18-13)7-4-3-5-8-14/h13,15H,2-12H2,1H3. The third-order valence-electron chi connectivity index (χ3n) is 4.51. The van der Waals surface area contributed by atoms with Crippen molar-refractivity contribution < 1.29 is 13.2 Å². The van der Waals surface area contributed by atoms with Crippen LogP contribution in [0.5, 0.6) is 0 Å². The molecule has 112 valence electrons. The van der Waals surface area contributed by atoms with Crippen molar-refractivity contribution in [2.45, 2.75) is 63.6 Å². The lowest BCUT2D eigenvalue weighted by Crippen LogP contribution is -2.35. The molecule has 1 spiro atoms. The Kier molecular flexibility index (Phi) is 5.26. The van der Waals surface area contributed by atoms with Crippen LogP contribution in [0.1, 0.15) is 51.9 Å². The molecule has 5 heteroatoms. The topological polar surface area (TPSA) is 55.4 Å². The van der Waals surface area contributed by atoms with E-state index in [0.717, 1.165) is 13.0 Å². The van der Waals surface area contributed by atoms with Crippen molar-refractivity contribution in [3.8, 4) is 0 Å². The van der Waals surface area contributed by atoms with E-state index in [0.29, 0.717) is 6.54 Å². The zero-order chi connectivity index (χ0) is 13.8. The molecule has 1 saturated heterocycles. The van der Waals surface area contributed by atoms with Gasteiger partial charge in [-0.3, -0.25) is 0 Å². The van der Waals surface area contributed by atoms with Gasteiger partial charge in [0.15, 0.2) is 9.84 Å². The minimum atomic E-state index is -2.85. The molecule has 1 aliphatic heterocycles. The van der Waals surface area contributed by atoms with Crippen LogP contribution < -0.4 is 5.32 Å². The van der Waals surface area contributed by atoms with Gasteiger partial charge in [-0.2, -0.15) is 0 Å². The predicted octanol–water partition coefficient (Wildman–Crippen LogP) is 1.89. The molecule has 0 radical (unpaired) electrons. The van der Waals surface area contributed by atoms with Crippen LogP contribution in [0, 0.1) is 0 Å². The fourth-order valence-corrected chi connectivity index (χ4v) is 3.98. The Balaban J connectivity index is 1.65. The number of rotatable bonds is 6. The van der Waals surface area contributed by atoms with Crippen LogP contribution in [-0.2, 0) is 14.6 Å². The number of hydrogen-bond acceptors (Lipinski definition) is 4. The summed E-state index contributed by atoms with van der Waals surface area (Å²) in [7, 11) is -2.85. The fourth-order valence-electron chi connectivity index (χ4n) is 3.24. The first-order valence-corrected chi connectivity index (χ1v) is 9.46. The predicted molar refractivity (Wildman–Crippen MR) is 77.1 cm³/mol. The monoisotopic (exact) mass is 289 g/mol. The first-order chi connectivity index (χ1) is 9.05. The minimum Gasteiger partial charge on any atom is -0.370 e. The van der Waals surface area contributed by atoms with E-state index < -0.39 is 9.84 Å². The minimum absolute atomic E-state index is 0.167. The summed E-state index contributed by atoms with van der Waals surface area (Å²) in [5.41, 5.74) is 0.167. The second kappa shape index (κ2) is 6.55. The zero-order valence-electron chi connectivity index (χ0n) is 12.0. The molecule has 0 aromatic rings. The molecular weight excluding hydrogens is 262 g/mol. The molecule has 1 atom stereocenters.